The zero-order chi connectivity index (χ0) is 19.2. The molecule has 0 atom stereocenters. The molecule has 0 bridgehead atoms. The van der Waals surface area contributed by atoms with Crippen molar-refractivity contribution in [2.45, 2.75) is 26.7 Å². The topological polar surface area (TPSA) is 71.2 Å². The van der Waals surface area contributed by atoms with Gasteiger partial charge < -0.3 is 15.0 Å². The van der Waals surface area contributed by atoms with Crippen LogP contribution in [0.25, 0.3) is 10.9 Å². The number of hydrogen-bond donors (Lipinski definition) is 2. The lowest BCUT2D eigenvalue weighted by molar-refractivity contribution is -0.120. The highest BCUT2D eigenvalue weighted by Crippen LogP contribution is 2.14. The molecular formula is C22H24N2O3. The van der Waals surface area contributed by atoms with Gasteiger partial charge in [0.2, 0.25) is 5.91 Å². The van der Waals surface area contributed by atoms with Crippen molar-refractivity contribution in [2.24, 2.45) is 0 Å². The molecule has 0 radical (unpaired) electrons. The normalized spacial score (nSPS) is 10.7. The molecule has 3 aromatic rings. The van der Waals surface area contributed by atoms with E-state index in [0.29, 0.717) is 25.1 Å². The number of H-pyrrole nitrogens is 1. The second-order valence-electron chi connectivity index (χ2n) is 6.56. The highest BCUT2D eigenvalue weighted by molar-refractivity contribution is 5.80. The molecule has 1 amide bonds. The summed E-state index contributed by atoms with van der Waals surface area (Å²) in [5, 5.41) is 3.96. The van der Waals surface area contributed by atoms with Gasteiger partial charge in [-0.2, -0.15) is 0 Å². The van der Waals surface area contributed by atoms with Gasteiger partial charge in [0.15, 0.2) is 0 Å². The second kappa shape index (κ2) is 8.54. The minimum Gasteiger partial charge on any atom is -0.494 e. The fourth-order valence-corrected chi connectivity index (χ4v) is 2.98. The third kappa shape index (κ3) is 4.97. The van der Waals surface area contributed by atoms with Crippen LogP contribution in [-0.4, -0.2) is 24.0 Å². The second-order valence-corrected chi connectivity index (χ2v) is 6.56. The number of rotatable bonds is 7. The molecule has 2 N–H and O–H groups in total. The number of aryl methyl sites for hydroxylation is 1. The number of pyridine rings is 1. The number of carbonyl (C=O) groups excluding carboxylic acids is 1. The molecule has 0 aliphatic carbocycles. The molecule has 0 aliphatic heterocycles. The van der Waals surface area contributed by atoms with E-state index < -0.39 is 0 Å². The third-order valence-corrected chi connectivity index (χ3v) is 4.43. The van der Waals surface area contributed by atoms with E-state index in [-0.39, 0.29) is 11.5 Å². The average molecular weight is 364 g/mol. The van der Waals surface area contributed by atoms with Gasteiger partial charge in [-0.1, -0.05) is 18.2 Å². The van der Waals surface area contributed by atoms with Crippen molar-refractivity contribution >= 4 is 16.8 Å². The molecule has 0 unspecified atom stereocenters. The predicted octanol–water partition coefficient (Wildman–Crippen LogP) is 3.14. The average Bonchev–Trinajstić information content (AvgIpc) is 2.65. The molecular weight excluding hydrogens is 340 g/mol. The first-order valence-corrected chi connectivity index (χ1v) is 9.16. The number of amides is 1. The minimum absolute atomic E-state index is 0.000114. The van der Waals surface area contributed by atoms with Crippen molar-refractivity contribution in [3.8, 4) is 5.75 Å². The zero-order valence-corrected chi connectivity index (χ0v) is 15.7. The Bertz CT molecular complexity index is 991. The summed E-state index contributed by atoms with van der Waals surface area (Å²) in [5.41, 5.74) is 3.55. The number of ether oxygens (including phenoxy) is 1. The Balaban J connectivity index is 1.53. The largest absolute Gasteiger partial charge is 0.494 e. The molecule has 5 heteroatoms. The Kier molecular flexibility index (Phi) is 5.91. The number of nitrogens with one attached hydrogen (secondary N) is 2. The van der Waals surface area contributed by atoms with Crippen molar-refractivity contribution in [3.05, 3.63) is 75.6 Å². The highest BCUT2D eigenvalue weighted by atomic mass is 16.5. The van der Waals surface area contributed by atoms with Crippen molar-refractivity contribution in [2.75, 3.05) is 13.2 Å². The quantitative estimate of drug-likeness (QED) is 0.677. The maximum Gasteiger partial charge on any atom is 0.251 e. The summed E-state index contributed by atoms with van der Waals surface area (Å²) in [6.45, 7) is 4.94. The van der Waals surface area contributed by atoms with Gasteiger partial charge >= 0.3 is 0 Å². The molecule has 1 aromatic heterocycles. The number of aromatic nitrogens is 1. The van der Waals surface area contributed by atoms with Crippen LogP contribution in [0.4, 0.5) is 0 Å². The molecule has 5 nitrogen and oxygen atoms in total. The molecule has 1 heterocycles. The van der Waals surface area contributed by atoms with Crippen LogP contribution in [0.15, 0.2) is 53.3 Å². The van der Waals surface area contributed by atoms with Gasteiger partial charge in [-0.15, -0.1) is 0 Å². The predicted molar refractivity (Wildman–Crippen MR) is 107 cm³/mol. The first kappa shape index (κ1) is 18.7. The summed E-state index contributed by atoms with van der Waals surface area (Å²) in [4.78, 5) is 26.6. The summed E-state index contributed by atoms with van der Waals surface area (Å²) in [6.07, 6.45) is 1.09. The molecule has 0 spiro atoms. The van der Waals surface area contributed by atoms with Crippen LogP contribution in [0.1, 0.15) is 23.6 Å². The van der Waals surface area contributed by atoms with E-state index >= 15 is 0 Å². The monoisotopic (exact) mass is 364 g/mol. The lowest BCUT2D eigenvalue weighted by Crippen LogP contribution is -2.27. The van der Waals surface area contributed by atoms with Gasteiger partial charge in [-0.3, -0.25) is 9.59 Å². The van der Waals surface area contributed by atoms with Crippen molar-refractivity contribution in [1.82, 2.24) is 10.3 Å². The van der Waals surface area contributed by atoms with E-state index in [1.54, 1.807) is 6.92 Å². The van der Waals surface area contributed by atoms with E-state index in [1.165, 1.54) is 0 Å². The highest BCUT2D eigenvalue weighted by Gasteiger charge is 2.05. The smallest absolute Gasteiger partial charge is 0.251 e. The third-order valence-electron chi connectivity index (χ3n) is 4.43. The van der Waals surface area contributed by atoms with Crippen LogP contribution in [0.5, 0.6) is 5.75 Å². The van der Waals surface area contributed by atoms with E-state index in [4.69, 9.17) is 4.74 Å². The number of benzene rings is 2. The van der Waals surface area contributed by atoms with Gasteiger partial charge in [0.1, 0.15) is 5.75 Å². The molecule has 3 rings (SSSR count). The first-order valence-electron chi connectivity index (χ1n) is 9.16. The Morgan fingerprint density at radius 3 is 2.56 bits per heavy atom. The number of hydrogen-bond acceptors (Lipinski definition) is 3. The lowest BCUT2D eigenvalue weighted by atomic mass is 10.1. The molecule has 27 heavy (non-hydrogen) atoms. The number of carbonyl (C=O) groups is 1. The SMILES string of the molecule is CCOc1ccc(CC(=O)NCCc2ccc3[nH]c(=O)c(C)cc3c2)cc1. The summed E-state index contributed by atoms with van der Waals surface area (Å²) in [6, 6.07) is 15.4. The number of aromatic amines is 1. The van der Waals surface area contributed by atoms with Crippen molar-refractivity contribution in [3.63, 3.8) is 0 Å². The van der Waals surface area contributed by atoms with E-state index in [2.05, 4.69) is 16.4 Å². The van der Waals surface area contributed by atoms with Crippen LogP contribution in [0.2, 0.25) is 0 Å². The fraction of sp³-hybridized carbons (Fsp3) is 0.273. The first-order chi connectivity index (χ1) is 13.0. The maximum atomic E-state index is 12.1. The van der Waals surface area contributed by atoms with Gasteiger partial charge in [0.05, 0.1) is 13.0 Å². The van der Waals surface area contributed by atoms with Crippen LogP contribution >= 0.6 is 0 Å². The van der Waals surface area contributed by atoms with Gasteiger partial charge in [-0.25, -0.2) is 0 Å². The van der Waals surface area contributed by atoms with E-state index in [0.717, 1.165) is 34.2 Å². The van der Waals surface area contributed by atoms with Crippen molar-refractivity contribution < 1.29 is 9.53 Å². The van der Waals surface area contributed by atoms with E-state index in [9.17, 15) is 9.59 Å². The Labute approximate surface area is 158 Å². The Morgan fingerprint density at radius 1 is 1.07 bits per heavy atom. The molecule has 0 aliphatic rings. The van der Waals surface area contributed by atoms with Crippen molar-refractivity contribution in [1.29, 1.82) is 0 Å². The Morgan fingerprint density at radius 2 is 1.81 bits per heavy atom. The summed E-state index contributed by atoms with van der Waals surface area (Å²) < 4.78 is 5.40. The summed E-state index contributed by atoms with van der Waals surface area (Å²) >= 11 is 0. The summed E-state index contributed by atoms with van der Waals surface area (Å²) in [5.74, 6) is 0.815. The van der Waals surface area contributed by atoms with Gasteiger partial charge in [-0.05, 0) is 67.1 Å². The zero-order valence-electron chi connectivity index (χ0n) is 15.7. The molecule has 0 saturated heterocycles. The Hall–Kier alpha value is -3.08. The van der Waals surface area contributed by atoms with E-state index in [1.807, 2.05) is 49.4 Å². The molecule has 0 saturated carbocycles. The molecule has 140 valence electrons. The fourth-order valence-electron chi connectivity index (χ4n) is 2.98. The van der Waals surface area contributed by atoms with Crippen LogP contribution in [-0.2, 0) is 17.6 Å². The van der Waals surface area contributed by atoms with Crippen LogP contribution in [0.3, 0.4) is 0 Å². The van der Waals surface area contributed by atoms with Gasteiger partial charge in [0, 0.05) is 17.6 Å². The number of fused-ring (bicyclic) bond motifs is 1. The van der Waals surface area contributed by atoms with Crippen LogP contribution in [0, 0.1) is 6.92 Å². The standard InChI is InChI=1S/C22H24N2O3/c1-3-27-19-7-4-16(5-8-19)14-21(25)23-11-10-17-6-9-20-18(13-17)12-15(2)22(26)24-20/h4-9,12-13H,3,10-11,14H2,1-2H3,(H,23,25)(H,24,26). The maximum absolute atomic E-state index is 12.1. The molecule has 2 aromatic carbocycles. The molecule has 0 fully saturated rings. The minimum atomic E-state index is -0.0585. The van der Waals surface area contributed by atoms with Gasteiger partial charge in [0.25, 0.3) is 5.56 Å². The summed E-state index contributed by atoms with van der Waals surface area (Å²) in [7, 11) is 0. The lowest BCUT2D eigenvalue weighted by Gasteiger charge is -2.08. The van der Waals surface area contributed by atoms with Crippen LogP contribution < -0.4 is 15.6 Å².